The molecule has 0 heterocycles. The largest absolute Gasteiger partial charge is 0.382 e. The Hall–Kier alpha value is -2.69. The number of hydrogen-bond acceptors (Lipinski definition) is 3. The van der Waals surface area contributed by atoms with E-state index in [4.69, 9.17) is 58.0 Å². The van der Waals surface area contributed by atoms with E-state index in [1.54, 1.807) is 6.08 Å². The molecule has 0 bridgehead atoms. The maximum Gasteiger partial charge on any atom is 0.258 e. The fraction of sp³-hybridized carbons (Fsp3) is 0.185. The lowest BCUT2D eigenvalue weighted by atomic mass is 10.1. The molecule has 41 heavy (non-hydrogen) atoms. The van der Waals surface area contributed by atoms with Gasteiger partial charge in [0.2, 0.25) is 5.91 Å². The Balaban J connectivity index is 1.56. The summed E-state index contributed by atoms with van der Waals surface area (Å²) in [5.74, 6) is -9.48. The number of halogens is 9. The zero-order valence-electron chi connectivity index (χ0n) is 20.5. The zero-order chi connectivity index (χ0) is 30.2. The first kappa shape index (κ1) is 31.3. The number of nitrogens with one attached hydrogen (secondary N) is 3. The summed E-state index contributed by atoms with van der Waals surface area (Å²) in [6.45, 7) is 3.81. The SMILES string of the molecule is C=CCCNc1ccc(F)c(NC(=O)c2cc(NC(=O)[C@H]3[C@H](c4cc(Cl)c(Cl)c(Cl)c4)C3(Cl)Cl)cc(F)c2F)c1F. The molecule has 3 aromatic rings. The summed E-state index contributed by atoms with van der Waals surface area (Å²) in [5.41, 5.74) is -1.89. The van der Waals surface area contributed by atoms with Crippen molar-refractivity contribution in [2.24, 2.45) is 5.92 Å². The third kappa shape index (κ3) is 6.39. The summed E-state index contributed by atoms with van der Waals surface area (Å²) < 4.78 is 56.7. The predicted molar refractivity (Wildman–Crippen MR) is 155 cm³/mol. The van der Waals surface area contributed by atoms with Crippen LogP contribution in [0.25, 0.3) is 0 Å². The summed E-state index contributed by atoms with van der Waals surface area (Å²) in [4.78, 5) is 25.8. The summed E-state index contributed by atoms with van der Waals surface area (Å²) >= 11 is 30.8. The molecule has 2 amide bonds. The molecule has 0 unspecified atom stereocenters. The van der Waals surface area contributed by atoms with E-state index in [1.807, 2.05) is 5.32 Å². The molecular formula is C27H18Cl5F4N3O2. The fourth-order valence-corrected chi connectivity index (χ4v) is 5.60. The quantitative estimate of drug-likeness (QED) is 0.0701. The predicted octanol–water partition coefficient (Wildman–Crippen LogP) is 8.97. The minimum absolute atomic E-state index is 0.0940. The molecule has 0 aromatic heterocycles. The van der Waals surface area contributed by atoms with E-state index in [9.17, 15) is 27.2 Å². The zero-order valence-corrected chi connectivity index (χ0v) is 24.3. The third-order valence-electron chi connectivity index (χ3n) is 6.24. The molecule has 5 nitrogen and oxygen atoms in total. The van der Waals surface area contributed by atoms with Crippen LogP contribution in [0.3, 0.4) is 0 Å². The summed E-state index contributed by atoms with van der Waals surface area (Å²) in [6.07, 6.45) is 2.05. The van der Waals surface area contributed by atoms with Crippen LogP contribution < -0.4 is 16.0 Å². The van der Waals surface area contributed by atoms with Gasteiger partial charge in [-0.2, -0.15) is 0 Å². The van der Waals surface area contributed by atoms with Crippen LogP contribution in [0.5, 0.6) is 0 Å². The van der Waals surface area contributed by atoms with E-state index >= 15 is 0 Å². The smallest absolute Gasteiger partial charge is 0.258 e. The van der Waals surface area contributed by atoms with Crippen LogP contribution in [-0.2, 0) is 4.79 Å². The Morgan fingerprint density at radius 3 is 2.22 bits per heavy atom. The first-order valence-electron chi connectivity index (χ1n) is 11.7. The highest BCUT2D eigenvalue weighted by Gasteiger charge is 2.67. The molecule has 3 N–H and O–H groups in total. The van der Waals surface area contributed by atoms with Crippen molar-refractivity contribution in [1.29, 1.82) is 0 Å². The van der Waals surface area contributed by atoms with Crippen LogP contribution >= 0.6 is 58.0 Å². The van der Waals surface area contributed by atoms with Crippen LogP contribution in [-0.4, -0.2) is 22.7 Å². The molecule has 1 fully saturated rings. The Labute approximate surface area is 256 Å². The van der Waals surface area contributed by atoms with Crippen LogP contribution in [0.4, 0.5) is 34.6 Å². The molecule has 2 atom stereocenters. The second kappa shape index (κ2) is 12.3. The van der Waals surface area contributed by atoms with Crippen LogP contribution in [0.15, 0.2) is 49.1 Å². The number of carbonyl (C=O) groups is 2. The van der Waals surface area contributed by atoms with Gasteiger partial charge in [0, 0.05) is 24.2 Å². The summed E-state index contributed by atoms with van der Waals surface area (Å²) in [6, 6.07) is 6.30. The second-order valence-electron chi connectivity index (χ2n) is 8.98. The standard InChI is InChI=1S/C27H18Cl5F4N3O2/c1-2-3-6-37-18-5-4-16(33)24(23(18)36)39-25(40)13-9-12(10-17(34)22(13)35)38-26(41)20-19(27(20,31)32)11-7-14(28)21(30)15(29)8-11/h2,4-5,7-10,19-20,37H,1,3,6H2,(H,38,41)(H,39,40)/t19-,20+/m0/s1. The van der Waals surface area contributed by atoms with E-state index < -0.39 is 62.5 Å². The number of benzene rings is 3. The first-order chi connectivity index (χ1) is 19.3. The highest BCUT2D eigenvalue weighted by Crippen LogP contribution is 2.65. The Morgan fingerprint density at radius 2 is 1.59 bits per heavy atom. The van der Waals surface area contributed by atoms with Crippen molar-refractivity contribution < 1.29 is 27.2 Å². The fourth-order valence-electron chi connectivity index (χ4n) is 4.16. The normalized spacial score (nSPS) is 17.1. The Kier molecular flexibility index (Phi) is 9.35. The van der Waals surface area contributed by atoms with Gasteiger partial charge in [-0.25, -0.2) is 17.6 Å². The molecule has 4 rings (SSSR count). The number of alkyl halides is 2. The van der Waals surface area contributed by atoms with Gasteiger partial charge in [0.1, 0.15) is 15.8 Å². The van der Waals surface area contributed by atoms with Gasteiger partial charge < -0.3 is 16.0 Å². The van der Waals surface area contributed by atoms with Crippen molar-refractivity contribution in [3.8, 4) is 0 Å². The number of amides is 2. The van der Waals surface area contributed by atoms with Crippen molar-refractivity contribution in [1.82, 2.24) is 0 Å². The lowest BCUT2D eigenvalue weighted by Gasteiger charge is -2.14. The first-order valence-corrected chi connectivity index (χ1v) is 13.6. The van der Waals surface area contributed by atoms with Gasteiger partial charge >= 0.3 is 0 Å². The lowest BCUT2D eigenvalue weighted by Crippen LogP contribution is -2.20. The molecule has 0 saturated heterocycles. The average molecular weight is 670 g/mol. The highest BCUT2D eigenvalue weighted by molar-refractivity contribution is 6.54. The van der Waals surface area contributed by atoms with Gasteiger partial charge in [0.05, 0.1) is 32.2 Å². The minimum atomic E-state index is -1.61. The van der Waals surface area contributed by atoms with Gasteiger partial charge in [-0.1, -0.05) is 40.9 Å². The molecule has 1 aliphatic carbocycles. The van der Waals surface area contributed by atoms with Gasteiger partial charge in [0.25, 0.3) is 5.91 Å². The van der Waals surface area contributed by atoms with E-state index in [0.717, 1.165) is 18.2 Å². The maximum absolute atomic E-state index is 14.9. The highest BCUT2D eigenvalue weighted by atomic mass is 35.5. The topological polar surface area (TPSA) is 70.2 Å². The number of carbonyl (C=O) groups excluding carboxylic acids is 2. The number of hydrogen-bond donors (Lipinski definition) is 3. The Morgan fingerprint density at radius 1 is 0.927 bits per heavy atom. The van der Waals surface area contributed by atoms with Crippen molar-refractivity contribution in [3.63, 3.8) is 0 Å². The molecule has 216 valence electrons. The molecule has 1 aliphatic rings. The van der Waals surface area contributed by atoms with Crippen molar-refractivity contribution >= 4 is 86.9 Å². The van der Waals surface area contributed by atoms with E-state index in [0.29, 0.717) is 18.1 Å². The molecule has 14 heteroatoms. The monoisotopic (exact) mass is 667 g/mol. The van der Waals surface area contributed by atoms with E-state index in [2.05, 4.69) is 17.2 Å². The molecular weight excluding hydrogens is 652 g/mol. The van der Waals surface area contributed by atoms with Crippen molar-refractivity contribution in [2.75, 3.05) is 22.5 Å². The molecule has 0 spiro atoms. The minimum Gasteiger partial charge on any atom is -0.382 e. The van der Waals surface area contributed by atoms with Crippen molar-refractivity contribution in [2.45, 2.75) is 16.7 Å². The third-order valence-corrected chi connectivity index (χ3v) is 8.37. The van der Waals surface area contributed by atoms with Gasteiger partial charge in [-0.15, -0.1) is 29.8 Å². The molecule has 0 radical (unpaired) electrons. The van der Waals surface area contributed by atoms with E-state index in [1.165, 1.54) is 12.1 Å². The van der Waals surface area contributed by atoms with Crippen LogP contribution in [0.1, 0.15) is 28.3 Å². The number of rotatable bonds is 9. The summed E-state index contributed by atoms with van der Waals surface area (Å²) in [7, 11) is 0. The van der Waals surface area contributed by atoms with Gasteiger partial charge in [-0.05, 0) is 42.3 Å². The number of anilines is 3. The van der Waals surface area contributed by atoms with Crippen LogP contribution in [0, 0.1) is 29.2 Å². The van der Waals surface area contributed by atoms with Crippen LogP contribution in [0.2, 0.25) is 15.1 Å². The van der Waals surface area contributed by atoms with Crippen molar-refractivity contribution in [3.05, 3.63) is 98.5 Å². The van der Waals surface area contributed by atoms with Gasteiger partial charge in [0.15, 0.2) is 17.5 Å². The van der Waals surface area contributed by atoms with Gasteiger partial charge in [-0.3, -0.25) is 9.59 Å². The lowest BCUT2D eigenvalue weighted by molar-refractivity contribution is -0.117. The maximum atomic E-state index is 14.9. The molecule has 1 saturated carbocycles. The average Bonchev–Trinajstić information content (AvgIpc) is 3.49. The Bertz CT molecular complexity index is 1550. The molecule has 3 aromatic carbocycles. The van der Waals surface area contributed by atoms with E-state index in [-0.39, 0.29) is 33.0 Å². The molecule has 0 aliphatic heterocycles. The second-order valence-corrected chi connectivity index (χ2v) is 11.6. The summed E-state index contributed by atoms with van der Waals surface area (Å²) in [5, 5.41) is 7.26.